The number of nitrogens with zero attached hydrogens (tertiary/aromatic N) is 3. The zero-order chi connectivity index (χ0) is 20.2. The van der Waals surface area contributed by atoms with Crippen molar-refractivity contribution in [3.8, 4) is 0 Å². The SMILES string of the molecule is Cc1cc(C)c2c(CC(=O)N3CCc4c(c(C(=O)O)nn4C)C3)coc2c1C. The molecule has 0 saturated heterocycles. The fraction of sp³-hybridized carbons (Fsp3) is 0.381. The van der Waals surface area contributed by atoms with Crippen LogP contribution in [0.5, 0.6) is 0 Å². The Kier molecular flexibility index (Phi) is 4.25. The summed E-state index contributed by atoms with van der Waals surface area (Å²) in [5.74, 6) is -1.10. The number of aromatic nitrogens is 2. The number of carbonyl (C=O) groups excluding carboxylic acids is 1. The first-order chi connectivity index (χ1) is 13.3. The first kappa shape index (κ1) is 18.3. The van der Waals surface area contributed by atoms with Gasteiger partial charge in [-0.05, 0) is 37.5 Å². The van der Waals surface area contributed by atoms with E-state index in [1.807, 2.05) is 20.8 Å². The van der Waals surface area contributed by atoms with Gasteiger partial charge in [0.1, 0.15) is 5.58 Å². The molecule has 0 fully saturated rings. The molecule has 0 saturated carbocycles. The first-order valence-electron chi connectivity index (χ1n) is 9.30. The van der Waals surface area contributed by atoms with E-state index in [2.05, 4.69) is 11.2 Å². The normalized spacial score (nSPS) is 13.8. The van der Waals surface area contributed by atoms with Gasteiger partial charge < -0.3 is 14.4 Å². The maximum Gasteiger partial charge on any atom is 0.356 e. The summed E-state index contributed by atoms with van der Waals surface area (Å²) in [5, 5.41) is 14.5. The highest BCUT2D eigenvalue weighted by molar-refractivity contribution is 5.92. The number of aromatic carboxylic acids is 1. The van der Waals surface area contributed by atoms with Crippen LogP contribution in [-0.2, 0) is 31.2 Å². The number of aryl methyl sites for hydroxylation is 4. The van der Waals surface area contributed by atoms with Gasteiger partial charge in [0.25, 0.3) is 0 Å². The van der Waals surface area contributed by atoms with Crippen LogP contribution in [0.3, 0.4) is 0 Å². The van der Waals surface area contributed by atoms with Crippen LogP contribution in [0, 0.1) is 20.8 Å². The molecule has 4 rings (SSSR count). The van der Waals surface area contributed by atoms with Crippen LogP contribution in [0.1, 0.15) is 44.0 Å². The highest BCUT2D eigenvalue weighted by Crippen LogP contribution is 2.31. The lowest BCUT2D eigenvalue weighted by atomic mass is 9.98. The van der Waals surface area contributed by atoms with Gasteiger partial charge in [-0.25, -0.2) is 4.79 Å². The molecule has 0 bridgehead atoms. The number of fused-ring (bicyclic) bond motifs is 2. The highest BCUT2D eigenvalue weighted by Gasteiger charge is 2.29. The highest BCUT2D eigenvalue weighted by atomic mass is 16.4. The van der Waals surface area contributed by atoms with Gasteiger partial charge in [0.05, 0.1) is 12.7 Å². The second-order valence-electron chi connectivity index (χ2n) is 7.55. The molecular weight excluding hydrogens is 358 g/mol. The van der Waals surface area contributed by atoms with E-state index in [4.69, 9.17) is 4.42 Å². The van der Waals surface area contributed by atoms with Gasteiger partial charge in [-0.2, -0.15) is 5.10 Å². The molecule has 0 radical (unpaired) electrons. The van der Waals surface area contributed by atoms with E-state index in [0.717, 1.165) is 33.4 Å². The zero-order valence-corrected chi connectivity index (χ0v) is 16.5. The summed E-state index contributed by atoms with van der Waals surface area (Å²) in [5.41, 5.74) is 6.60. The minimum absolute atomic E-state index is 0.0331. The van der Waals surface area contributed by atoms with Crippen molar-refractivity contribution in [1.29, 1.82) is 0 Å². The molecule has 1 aromatic carbocycles. The van der Waals surface area contributed by atoms with E-state index in [0.29, 0.717) is 18.5 Å². The third-order valence-electron chi connectivity index (χ3n) is 5.77. The Hall–Kier alpha value is -3.09. The molecule has 7 nitrogen and oxygen atoms in total. The molecule has 0 spiro atoms. The molecule has 3 aromatic rings. The number of rotatable bonds is 3. The first-order valence-corrected chi connectivity index (χ1v) is 9.30. The van der Waals surface area contributed by atoms with Crippen LogP contribution in [0.2, 0.25) is 0 Å². The van der Waals surface area contributed by atoms with E-state index < -0.39 is 5.97 Å². The van der Waals surface area contributed by atoms with Crippen LogP contribution in [0.25, 0.3) is 11.0 Å². The molecule has 1 aliphatic heterocycles. The summed E-state index contributed by atoms with van der Waals surface area (Å²) in [7, 11) is 1.74. The number of furan rings is 1. The largest absolute Gasteiger partial charge is 0.476 e. The minimum atomic E-state index is -1.06. The molecule has 28 heavy (non-hydrogen) atoms. The fourth-order valence-electron chi connectivity index (χ4n) is 4.17. The second-order valence-corrected chi connectivity index (χ2v) is 7.55. The van der Waals surface area contributed by atoms with Crippen molar-refractivity contribution in [2.75, 3.05) is 6.54 Å². The zero-order valence-electron chi connectivity index (χ0n) is 16.5. The molecule has 1 N–H and O–H groups in total. The standard InChI is InChI=1S/C21H23N3O4/c1-11-7-12(2)18-14(10-28-20(18)13(11)3)8-17(25)24-6-5-16-15(9-24)19(21(26)27)22-23(16)4/h7,10H,5-6,8-9H2,1-4H3,(H,26,27). The molecule has 7 heteroatoms. The Bertz CT molecular complexity index is 1120. The van der Waals surface area contributed by atoms with Gasteiger partial charge in [-0.15, -0.1) is 0 Å². The number of benzene rings is 1. The quantitative estimate of drug-likeness (QED) is 0.754. The third kappa shape index (κ3) is 2.78. The molecule has 0 aliphatic carbocycles. The maximum atomic E-state index is 13.0. The number of hydrogen-bond acceptors (Lipinski definition) is 4. The average molecular weight is 381 g/mol. The number of carbonyl (C=O) groups is 2. The van der Waals surface area contributed by atoms with Gasteiger partial charge in [-0.3, -0.25) is 9.48 Å². The third-order valence-corrected chi connectivity index (χ3v) is 5.77. The summed E-state index contributed by atoms with van der Waals surface area (Å²) in [6, 6.07) is 2.11. The Balaban J connectivity index is 1.61. The van der Waals surface area contributed by atoms with E-state index in [9.17, 15) is 14.7 Å². The summed E-state index contributed by atoms with van der Waals surface area (Å²) in [4.78, 5) is 26.2. The molecule has 1 amide bonds. The number of amides is 1. The van der Waals surface area contributed by atoms with Crippen molar-refractivity contribution >= 4 is 22.8 Å². The molecule has 0 unspecified atom stereocenters. The predicted octanol–water partition coefficient (Wildman–Crippen LogP) is 2.92. The van der Waals surface area contributed by atoms with Gasteiger partial charge in [0.2, 0.25) is 5.91 Å². The second kappa shape index (κ2) is 6.51. The van der Waals surface area contributed by atoms with Crippen molar-refractivity contribution in [2.45, 2.75) is 40.2 Å². The van der Waals surface area contributed by atoms with E-state index in [-0.39, 0.29) is 24.6 Å². The monoisotopic (exact) mass is 381 g/mol. The van der Waals surface area contributed by atoms with Gasteiger partial charge in [0, 0.05) is 48.8 Å². The Morgan fingerprint density at radius 3 is 2.71 bits per heavy atom. The molecule has 146 valence electrons. The lowest BCUT2D eigenvalue weighted by molar-refractivity contribution is -0.131. The lowest BCUT2D eigenvalue weighted by Crippen LogP contribution is -2.37. The van der Waals surface area contributed by atoms with Crippen LogP contribution in [0.15, 0.2) is 16.7 Å². The van der Waals surface area contributed by atoms with Gasteiger partial charge in [-0.1, -0.05) is 6.07 Å². The van der Waals surface area contributed by atoms with Crippen molar-refractivity contribution in [3.05, 3.63) is 51.5 Å². The smallest absolute Gasteiger partial charge is 0.356 e. The van der Waals surface area contributed by atoms with Crippen LogP contribution < -0.4 is 0 Å². The van der Waals surface area contributed by atoms with Crippen molar-refractivity contribution in [3.63, 3.8) is 0 Å². The van der Waals surface area contributed by atoms with Crippen LogP contribution in [-0.4, -0.2) is 38.2 Å². The summed E-state index contributed by atoms with van der Waals surface area (Å²) < 4.78 is 7.39. The fourth-order valence-corrected chi connectivity index (χ4v) is 4.17. The number of carboxylic acids is 1. The summed E-state index contributed by atoms with van der Waals surface area (Å²) in [6.07, 6.45) is 2.50. The van der Waals surface area contributed by atoms with Crippen LogP contribution >= 0.6 is 0 Å². The van der Waals surface area contributed by atoms with E-state index in [1.54, 1.807) is 22.9 Å². The minimum Gasteiger partial charge on any atom is -0.476 e. The van der Waals surface area contributed by atoms with Crippen molar-refractivity contribution in [1.82, 2.24) is 14.7 Å². The molecule has 2 aromatic heterocycles. The van der Waals surface area contributed by atoms with Crippen molar-refractivity contribution < 1.29 is 19.1 Å². The summed E-state index contributed by atoms with van der Waals surface area (Å²) in [6.45, 7) is 6.93. The average Bonchev–Trinajstić information content (AvgIpc) is 3.21. The maximum absolute atomic E-state index is 13.0. The van der Waals surface area contributed by atoms with E-state index >= 15 is 0 Å². The Morgan fingerprint density at radius 1 is 1.25 bits per heavy atom. The topological polar surface area (TPSA) is 88.6 Å². The predicted molar refractivity (Wildman–Crippen MR) is 103 cm³/mol. The molecule has 0 atom stereocenters. The molecular formula is C21H23N3O4. The number of hydrogen-bond donors (Lipinski definition) is 1. The van der Waals surface area contributed by atoms with Gasteiger partial charge >= 0.3 is 5.97 Å². The lowest BCUT2D eigenvalue weighted by Gasteiger charge is -2.27. The van der Waals surface area contributed by atoms with E-state index in [1.165, 1.54) is 5.56 Å². The van der Waals surface area contributed by atoms with Gasteiger partial charge in [0.15, 0.2) is 5.69 Å². The Morgan fingerprint density at radius 2 is 2.00 bits per heavy atom. The Labute approximate surface area is 162 Å². The molecule has 1 aliphatic rings. The summed E-state index contributed by atoms with van der Waals surface area (Å²) >= 11 is 0. The van der Waals surface area contributed by atoms with Crippen LogP contribution in [0.4, 0.5) is 0 Å². The molecule has 3 heterocycles. The number of carboxylic acid groups (broad SMARTS) is 1. The van der Waals surface area contributed by atoms with Crippen molar-refractivity contribution in [2.24, 2.45) is 7.05 Å².